The Morgan fingerprint density at radius 2 is 2.31 bits per heavy atom. The Bertz CT molecular complexity index is 379. The molecule has 16 heavy (non-hydrogen) atoms. The Hall–Kier alpha value is -1.55. The van der Waals surface area contributed by atoms with Crippen LogP contribution in [0.3, 0.4) is 0 Å². The summed E-state index contributed by atoms with van der Waals surface area (Å²) in [5, 5.41) is 2.92. The van der Waals surface area contributed by atoms with E-state index >= 15 is 0 Å². The van der Waals surface area contributed by atoms with Gasteiger partial charge in [-0.15, -0.1) is 0 Å². The first-order valence-corrected chi connectivity index (χ1v) is 5.52. The number of carbonyl (C=O) groups excluding carboxylic acids is 1. The molecular formula is C12H16N2O2. The lowest BCUT2D eigenvalue weighted by Gasteiger charge is -2.17. The molecular weight excluding hydrogens is 204 g/mol. The number of fused-ring (bicyclic) bond motifs is 1. The Kier molecular flexibility index (Phi) is 3.41. The van der Waals surface area contributed by atoms with Gasteiger partial charge in [0.25, 0.3) is 0 Å². The highest BCUT2D eigenvalue weighted by Crippen LogP contribution is 2.30. The Morgan fingerprint density at radius 3 is 3.12 bits per heavy atom. The van der Waals surface area contributed by atoms with Crippen LogP contribution in [-0.2, 0) is 4.79 Å². The Morgan fingerprint density at radius 1 is 1.50 bits per heavy atom. The van der Waals surface area contributed by atoms with Crippen molar-refractivity contribution in [1.29, 1.82) is 0 Å². The van der Waals surface area contributed by atoms with E-state index < -0.39 is 0 Å². The second-order valence-corrected chi connectivity index (χ2v) is 3.85. The molecule has 4 heteroatoms. The third-order valence-corrected chi connectivity index (χ3v) is 2.71. The van der Waals surface area contributed by atoms with Gasteiger partial charge in [0, 0.05) is 5.56 Å². The maximum atomic E-state index is 11.3. The van der Waals surface area contributed by atoms with E-state index in [4.69, 9.17) is 10.5 Å². The molecule has 0 radical (unpaired) electrons. The highest BCUT2D eigenvalue weighted by molar-refractivity contribution is 5.78. The standard InChI is InChI=1S/C12H16N2O2/c13-8-12(15)14-10-5-3-7-16-11-6-2-1-4-9(10)11/h1-2,4,6,10H,3,5,7-8,13H2,(H,14,15). The molecule has 0 spiro atoms. The summed E-state index contributed by atoms with van der Waals surface area (Å²) in [7, 11) is 0. The highest BCUT2D eigenvalue weighted by atomic mass is 16.5. The van der Waals surface area contributed by atoms with E-state index in [1.54, 1.807) is 0 Å². The Labute approximate surface area is 94.8 Å². The van der Waals surface area contributed by atoms with Gasteiger partial charge in [0.05, 0.1) is 19.2 Å². The fraction of sp³-hybridized carbons (Fsp3) is 0.417. The van der Waals surface area contributed by atoms with Crippen molar-refractivity contribution in [3.63, 3.8) is 0 Å². The topological polar surface area (TPSA) is 64.4 Å². The quantitative estimate of drug-likeness (QED) is 0.780. The number of nitrogens with one attached hydrogen (secondary N) is 1. The molecule has 0 aliphatic carbocycles. The zero-order valence-corrected chi connectivity index (χ0v) is 9.11. The van der Waals surface area contributed by atoms with Crippen LogP contribution in [0.2, 0.25) is 0 Å². The summed E-state index contributed by atoms with van der Waals surface area (Å²) in [4.78, 5) is 11.3. The molecule has 1 aliphatic heterocycles. The van der Waals surface area contributed by atoms with Gasteiger partial charge in [-0.25, -0.2) is 0 Å². The first-order chi connectivity index (χ1) is 7.81. The minimum absolute atomic E-state index is 0.0229. The summed E-state index contributed by atoms with van der Waals surface area (Å²) in [5.74, 6) is 0.740. The number of rotatable bonds is 2. The average Bonchev–Trinajstić information content (AvgIpc) is 2.52. The van der Waals surface area contributed by atoms with Crippen LogP contribution >= 0.6 is 0 Å². The molecule has 1 atom stereocenters. The van der Waals surface area contributed by atoms with E-state index in [-0.39, 0.29) is 18.5 Å². The molecule has 1 heterocycles. The highest BCUT2D eigenvalue weighted by Gasteiger charge is 2.20. The van der Waals surface area contributed by atoms with Gasteiger partial charge in [-0.1, -0.05) is 18.2 Å². The molecule has 1 aliphatic rings. The number of hydrogen-bond donors (Lipinski definition) is 2. The molecule has 0 saturated heterocycles. The second kappa shape index (κ2) is 4.99. The zero-order chi connectivity index (χ0) is 11.4. The van der Waals surface area contributed by atoms with Crippen LogP contribution in [0, 0.1) is 0 Å². The van der Waals surface area contributed by atoms with Crippen LogP contribution < -0.4 is 15.8 Å². The van der Waals surface area contributed by atoms with Crippen LogP contribution in [0.15, 0.2) is 24.3 Å². The monoisotopic (exact) mass is 220 g/mol. The van der Waals surface area contributed by atoms with Crippen LogP contribution in [-0.4, -0.2) is 19.1 Å². The minimum Gasteiger partial charge on any atom is -0.493 e. The molecule has 4 nitrogen and oxygen atoms in total. The molecule has 1 unspecified atom stereocenters. The van der Waals surface area contributed by atoms with Crippen molar-refractivity contribution >= 4 is 5.91 Å². The van der Waals surface area contributed by atoms with Gasteiger partial charge < -0.3 is 15.8 Å². The van der Waals surface area contributed by atoms with E-state index in [1.807, 2.05) is 24.3 Å². The fourth-order valence-corrected chi connectivity index (χ4v) is 1.93. The number of amides is 1. The predicted molar refractivity (Wildman–Crippen MR) is 61.1 cm³/mol. The summed E-state index contributed by atoms with van der Waals surface area (Å²) in [6.07, 6.45) is 1.83. The van der Waals surface area contributed by atoms with Gasteiger partial charge in [-0.05, 0) is 18.9 Å². The smallest absolute Gasteiger partial charge is 0.234 e. The van der Waals surface area contributed by atoms with Crippen LogP contribution in [0.1, 0.15) is 24.4 Å². The number of hydrogen-bond acceptors (Lipinski definition) is 3. The van der Waals surface area contributed by atoms with Crippen LogP contribution in [0.5, 0.6) is 5.75 Å². The van der Waals surface area contributed by atoms with Gasteiger partial charge >= 0.3 is 0 Å². The van der Waals surface area contributed by atoms with Gasteiger partial charge in [-0.3, -0.25) is 4.79 Å². The first kappa shape index (κ1) is 11.0. The lowest BCUT2D eigenvalue weighted by molar-refractivity contribution is -0.120. The van der Waals surface area contributed by atoms with Gasteiger partial charge in [0.1, 0.15) is 5.75 Å². The van der Waals surface area contributed by atoms with Crippen molar-refractivity contribution in [2.75, 3.05) is 13.2 Å². The SMILES string of the molecule is NCC(=O)NC1CCCOc2ccccc21. The van der Waals surface area contributed by atoms with E-state index in [0.29, 0.717) is 6.61 Å². The lowest BCUT2D eigenvalue weighted by atomic mass is 10.0. The molecule has 86 valence electrons. The number of ether oxygens (including phenoxy) is 1. The average molecular weight is 220 g/mol. The van der Waals surface area contributed by atoms with Crippen molar-refractivity contribution < 1.29 is 9.53 Å². The maximum absolute atomic E-state index is 11.3. The summed E-state index contributed by atoms with van der Waals surface area (Å²) < 4.78 is 5.61. The predicted octanol–water partition coefficient (Wildman–Crippen LogP) is 0.975. The fourth-order valence-electron chi connectivity index (χ4n) is 1.93. The molecule has 2 rings (SSSR count). The third kappa shape index (κ3) is 2.33. The van der Waals surface area contributed by atoms with E-state index in [9.17, 15) is 4.79 Å². The molecule has 0 saturated carbocycles. The lowest BCUT2D eigenvalue weighted by Crippen LogP contribution is -2.33. The molecule has 3 N–H and O–H groups in total. The normalized spacial score (nSPS) is 19.2. The van der Waals surface area contributed by atoms with Gasteiger partial charge in [-0.2, -0.15) is 0 Å². The zero-order valence-electron chi connectivity index (χ0n) is 9.11. The number of para-hydroxylation sites is 1. The largest absolute Gasteiger partial charge is 0.493 e. The van der Waals surface area contributed by atoms with E-state index in [1.165, 1.54) is 0 Å². The van der Waals surface area contributed by atoms with Crippen molar-refractivity contribution in [2.24, 2.45) is 5.73 Å². The summed E-state index contributed by atoms with van der Waals surface area (Å²) in [6, 6.07) is 7.83. The summed E-state index contributed by atoms with van der Waals surface area (Å²) >= 11 is 0. The molecule has 1 amide bonds. The summed E-state index contributed by atoms with van der Waals surface area (Å²) in [6.45, 7) is 0.728. The van der Waals surface area contributed by atoms with Crippen molar-refractivity contribution in [2.45, 2.75) is 18.9 Å². The first-order valence-electron chi connectivity index (χ1n) is 5.52. The van der Waals surface area contributed by atoms with Crippen molar-refractivity contribution in [3.05, 3.63) is 29.8 Å². The molecule has 0 bridgehead atoms. The van der Waals surface area contributed by atoms with Gasteiger partial charge in [0.2, 0.25) is 5.91 Å². The second-order valence-electron chi connectivity index (χ2n) is 3.85. The van der Waals surface area contributed by atoms with Crippen LogP contribution in [0.4, 0.5) is 0 Å². The maximum Gasteiger partial charge on any atom is 0.234 e. The third-order valence-electron chi connectivity index (χ3n) is 2.71. The molecule has 0 aromatic heterocycles. The van der Waals surface area contributed by atoms with E-state index in [0.717, 1.165) is 24.2 Å². The number of benzene rings is 1. The Balaban J connectivity index is 2.22. The van der Waals surface area contributed by atoms with Crippen molar-refractivity contribution in [3.8, 4) is 5.75 Å². The number of carbonyl (C=O) groups is 1. The molecule has 0 fully saturated rings. The van der Waals surface area contributed by atoms with Crippen LogP contribution in [0.25, 0.3) is 0 Å². The van der Waals surface area contributed by atoms with E-state index in [2.05, 4.69) is 5.32 Å². The molecule has 1 aromatic carbocycles. The van der Waals surface area contributed by atoms with Crippen molar-refractivity contribution in [1.82, 2.24) is 5.32 Å². The molecule has 1 aromatic rings. The number of nitrogens with two attached hydrogens (primary N) is 1. The minimum atomic E-state index is -0.123. The summed E-state index contributed by atoms with van der Waals surface area (Å²) in [5.41, 5.74) is 6.35. The van der Waals surface area contributed by atoms with Gasteiger partial charge in [0.15, 0.2) is 0 Å².